The SMILES string of the molecule is CCC[C@@H](CC)CC1C=CCCC1C. The number of hydrogen-bond donors (Lipinski definition) is 0. The van der Waals surface area contributed by atoms with Crippen LogP contribution in [0.5, 0.6) is 0 Å². The van der Waals surface area contributed by atoms with Gasteiger partial charge in [0.15, 0.2) is 0 Å². The van der Waals surface area contributed by atoms with Gasteiger partial charge in [0, 0.05) is 0 Å². The second kappa shape index (κ2) is 6.27. The molecule has 0 heterocycles. The molecule has 0 bridgehead atoms. The van der Waals surface area contributed by atoms with Gasteiger partial charge in [-0.15, -0.1) is 0 Å². The van der Waals surface area contributed by atoms with E-state index in [4.69, 9.17) is 0 Å². The third-order valence-corrected chi connectivity index (χ3v) is 3.78. The highest BCUT2D eigenvalue weighted by Crippen LogP contribution is 2.31. The van der Waals surface area contributed by atoms with E-state index in [0.29, 0.717) is 0 Å². The molecule has 82 valence electrons. The predicted octanol–water partition coefficient (Wildman–Crippen LogP) is 4.81. The summed E-state index contributed by atoms with van der Waals surface area (Å²) >= 11 is 0. The van der Waals surface area contributed by atoms with E-state index >= 15 is 0 Å². The van der Waals surface area contributed by atoms with Crippen LogP contribution in [0.3, 0.4) is 0 Å². The molecule has 14 heavy (non-hydrogen) atoms. The molecular formula is C14H26. The van der Waals surface area contributed by atoms with Crippen LogP contribution in [0.1, 0.15) is 59.3 Å². The van der Waals surface area contributed by atoms with E-state index < -0.39 is 0 Å². The molecule has 0 fully saturated rings. The Kier molecular flexibility index (Phi) is 5.29. The molecule has 0 spiro atoms. The molecular weight excluding hydrogens is 168 g/mol. The molecule has 0 heteroatoms. The molecule has 0 aliphatic heterocycles. The van der Waals surface area contributed by atoms with E-state index in [2.05, 4.69) is 32.9 Å². The van der Waals surface area contributed by atoms with Crippen LogP contribution in [-0.4, -0.2) is 0 Å². The fourth-order valence-corrected chi connectivity index (χ4v) is 2.63. The van der Waals surface area contributed by atoms with Crippen LogP contribution < -0.4 is 0 Å². The van der Waals surface area contributed by atoms with Crippen LogP contribution in [0, 0.1) is 17.8 Å². The first-order chi connectivity index (χ1) is 6.77. The number of allylic oxidation sites excluding steroid dienone is 2. The molecule has 0 amide bonds. The van der Waals surface area contributed by atoms with Crippen molar-refractivity contribution in [3.63, 3.8) is 0 Å². The molecule has 0 aromatic carbocycles. The second-order valence-corrected chi connectivity index (χ2v) is 4.95. The van der Waals surface area contributed by atoms with Crippen molar-refractivity contribution in [1.82, 2.24) is 0 Å². The average Bonchev–Trinajstić information content (AvgIpc) is 2.20. The molecule has 0 radical (unpaired) electrons. The minimum absolute atomic E-state index is 0.875. The average molecular weight is 194 g/mol. The van der Waals surface area contributed by atoms with E-state index in [1.54, 1.807) is 0 Å². The lowest BCUT2D eigenvalue weighted by atomic mass is 9.78. The highest BCUT2D eigenvalue weighted by Gasteiger charge is 2.20. The van der Waals surface area contributed by atoms with E-state index in [1.165, 1.54) is 38.5 Å². The molecule has 1 aliphatic carbocycles. The Morgan fingerprint density at radius 3 is 2.71 bits per heavy atom. The Hall–Kier alpha value is -0.260. The van der Waals surface area contributed by atoms with Gasteiger partial charge >= 0.3 is 0 Å². The summed E-state index contributed by atoms with van der Waals surface area (Å²) in [6.07, 6.45) is 13.2. The fourth-order valence-electron chi connectivity index (χ4n) is 2.63. The summed E-state index contributed by atoms with van der Waals surface area (Å²) in [5, 5.41) is 0. The minimum Gasteiger partial charge on any atom is -0.0882 e. The molecule has 1 rings (SSSR count). The Morgan fingerprint density at radius 2 is 2.14 bits per heavy atom. The van der Waals surface area contributed by atoms with Crippen LogP contribution in [0.4, 0.5) is 0 Å². The lowest BCUT2D eigenvalue weighted by molar-refractivity contribution is 0.294. The van der Waals surface area contributed by atoms with Gasteiger partial charge in [-0.2, -0.15) is 0 Å². The van der Waals surface area contributed by atoms with Gasteiger partial charge in [0.2, 0.25) is 0 Å². The zero-order chi connectivity index (χ0) is 10.4. The molecule has 1 aliphatic rings. The minimum atomic E-state index is 0.875. The van der Waals surface area contributed by atoms with Gasteiger partial charge in [0.25, 0.3) is 0 Å². The highest BCUT2D eigenvalue weighted by molar-refractivity contribution is 4.96. The van der Waals surface area contributed by atoms with Crippen LogP contribution >= 0.6 is 0 Å². The van der Waals surface area contributed by atoms with Gasteiger partial charge in [-0.05, 0) is 37.0 Å². The van der Waals surface area contributed by atoms with E-state index in [-0.39, 0.29) is 0 Å². The summed E-state index contributed by atoms with van der Waals surface area (Å²) in [4.78, 5) is 0. The van der Waals surface area contributed by atoms with Gasteiger partial charge in [0.1, 0.15) is 0 Å². The molecule has 2 unspecified atom stereocenters. The maximum absolute atomic E-state index is 2.48. The van der Waals surface area contributed by atoms with Gasteiger partial charge in [0.05, 0.1) is 0 Å². The molecule has 0 N–H and O–H groups in total. The van der Waals surface area contributed by atoms with Crippen molar-refractivity contribution in [2.45, 2.75) is 59.3 Å². The monoisotopic (exact) mass is 194 g/mol. The van der Waals surface area contributed by atoms with E-state index in [0.717, 1.165) is 17.8 Å². The topological polar surface area (TPSA) is 0 Å². The van der Waals surface area contributed by atoms with E-state index in [9.17, 15) is 0 Å². The second-order valence-electron chi connectivity index (χ2n) is 4.95. The standard InChI is InChI=1S/C14H26/c1-4-8-13(5-2)11-14-10-7-6-9-12(14)3/h7,10,12-14H,4-6,8-9,11H2,1-3H3/t12?,13-,14?/m1/s1. The van der Waals surface area contributed by atoms with Gasteiger partial charge in [-0.3, -0.25) is 0 Å². The van der Waals surface area contributed by atoms with Gasteiger partial charge in [-0.25, -0.2) is 0 Å². The highest BCUT2D eigenvalue weighted by atomic mass is 14.3. The van der Waals surface area contributed by atoms with Crippen molar-refractivity contribution in [3.8, 4) is 0 Å². The van der Waals surface area contributed by atoms with Crippen LogP contribution in [0.15, 0.2) is 12.2 Å². The van der Waals surface area contributed by atoms with Crippen LogP contribution in [0.25, 0.3) is 0 Å². The molecule has 0 aromatic heterocycles. The lowest BCUT2D eigenvalue weighted by Gasteiger charge is -2.27. The Morgan fingerprint density at radius 1 is 1.36 bits per heavy atom. The fraction of sp³-hybridized carbons (Fsp3) is 0.857. The first-order valence-corrected chi connectivity index (χ1v) is 6.44. The third kappa shape index (κ3) is 3.48. The first-order valence-electron chi connectivity index (χ1n) is 6.44. The zero-order valence-electron chi connectivity index (χ0n) is 10.1. The van der Waals surface area contributed by atoms with Crippen molar-refractivity contribution < 1.29 is 0 Å². The van der Waals surface area contributed by atoms with E-state index in [1.807, 2.05) is 0 Å². The molecule has 0 nitrogen and oxygen atoms in total. The number of rotatable bonds is 5. The molecule has 0 saturated heterocycles. The lowest BCUT2D eigenvalue weighted by Crippen LogP contribution is -2.16. The van der Waals surface area contributed by atoms with Crippen molar-refractivity contribution in [2.75, 3.05) is 0 Å². The smallest absolute Gasteiger partial charge is 0.0205 e. The van der Waals surface area contributed by atoms with Crippen molar-refractivity contribution in [3.05, 3.63) is 12.2 Å². The van der Waals surface area contributed by atoms with Crippen LogP contribution in [-0.2, 0) is 0 Å². The van der Waals surface area contributed by atoms with Crippen LogP contribution in [0.2, 0.25) is 0 Å². The van der Waals surface area contributed by atoms with Crippen molar-refractivity contribution in [1.29, 1.82) is 0 Å². The normalized spacial score (nSPS) is 29.1. The maximum atomic E-state index is 2.48. The Bertz CT molecular complexity index is 169. The first kappa shape index (κ1) is 11.8. The Labute approximate surface area is 89.8 Å². The summed E-state index contributed by atoms with van der Waals surface area (Å²) in [5.41, 5.74) is 0. The predicted molar refractivity (Wildman–Crippen MR) is 64.3 cm³/mol. The van der Waals surface area contributed by atoms with Gasteiger partial charge < -0.3 is 0 Å². The van der Waals surface area contributed by atoms with Crippen molar-refractivity contribution in [2.24, 2.45) is 17.8 Å². The molecule has 0 saturated carbocycles. The summed E-state index contributed by atoms with van der Waals surface area (Å²) in [7, 11) is 0. The molecule has 3 atom stereocenters. The van der Waals surface area contributed by atoms with Crippen molar-refractivity contribution >= 4 is 0 Å². The summed E-state index contributed by atoms with van der Waals surface area (Å²) < 4.78 is 0. The maximum Gasteiger partial charge on any atom is -0.0205 e. The third-order valence-electron chi connectivity index (χ3n) is 3.78. The van der Waals surface area contributed by atoms with Gasteiger partial charge in [-0.1, -0.05) is 52.2 Å². The summed E-state index contributed by atoms with van der Waals surface area (Å²) in [6.45, 7) is 7.08. The summed E-state index contributed by atoms with van der Waals surface area (Å²) in [5.74, 6) is 2.77. The largest absolute Gasteiger partial charge is 0.0882 e. The Balaban J connectivity index is 2.39. The summed E-state index contributed by atoms with van der Waals surface area (Å²) in [6, 6.07) is 0. The zero-order valence-corrected chi connectivity index (χ0v) is 10.1. The molecule has 0 aromatic rings. The number of hydrogen-bond acceptors (Lipinski definition) is 0. The quantitative estimate of drug-likeness (QED) is 0.551.